The number of thiazole rings is 1. The summed E-state index contributed by atoms with van der Waals surface area (Å²) in [5, 5.41) is 12.0. The van der Waals surface area contributed by atoms with Gasteiger partial charge in [-0.05, 0) is 32.1 Å². The summed E-state index contributed by atoms with van der Waals surface area (Å²) in [6.45, 7) is 0. The maximum Gasteiger partial charge on any atom is 0.303 e. The minimum Gasteiger partial charge on any atom is -0.481 e. The van der Waals surface area contributed by atoms with Crippen LogP contribution in [-0.2, 0) is 11.2 Å². The molecule has 2 rings (SSSR count). The zero-order chi connectivity index (χ0) is 12.8. The predicted molar refractivity (Wildman–Crippen MR) is 73.1 cm³/mol. The summed E-state index contributed by atoms with van der Waals surface area (Å²) in [6, 6.07) is 0. The second-order valence-corrected chi connectivity index (χ2v) is 6.04. The monoisotopic (exact) mass is 267 g/mol. The van der Waals surface area contributed by atoms with E-state index in [4.69, 9.17) is 10.1 Å². The standard InChI is InChI=1S/C14H21NO2S/c16-14(17)9-5-4-8-13-15-12(10-18-13)11-6-2-1-3-7-11/h10-11H,1-9H2,(H,16,17). The number of aryl methyl sites for hydroxylation is 1. The number of aromatic nitrogens is 1. The largest absolute Gasteiger partial charge is 0.481 e. The summed E-state index contributed by atoms with van der Waals surface area (Å²) in [7, 11) is 0. The van der Waals surface area contributed by atoms with E-state index in [2.05, 4.69) is 5.38 Å². The third kappa shape index (κ3) is 4.09. The summed E-state index contributed by atoms with van der Waals surface area (Å²) >= 11 is 1.74. The molecule has 0 aromatic carbocycles. The van der Waals surface area contributed by atoms with E-state index in [0.29, 0.717) is 5.92 Å². The lowest BCUT2D eigenvalue weighted by Gasteiger charge is -2.19. The molecule has 18 heavy (non-hydrogen) atoms. The topological polar surface area (TPSA) is 50.2 Å². The van der Waals surface area contributed by atoms with Crippen LogP contribution < -0.4 is 0 Å². The highest BCUT2D eigenvalue weighted by Gasteiger charge is 2.17. The Morgan fingerprint density at radius 2 is 2.11 bits per heavy atom. The lowest BCUT2D eigenvalue weighted by atomic mass is 9.87. The first-order valence-electron chi connectivity index (χ1n) is 6.92. The van der Waals surface area contributed by atoms with Crippen molar-refractivity contribution in [2.45, 2.75) is 63.7 Å². The van der Waals surface area contributed by atoms with E-state index < -0.39 is 5.97 Å². The first kappa shape index (κ1) is 13.5. The second-order valence-electron chi connectivity index (χ2n) is 5.10. The van der Waals surface area contributed by atoms with Crippen molar-refractivity contribution in [1.29, 1.82) is 0 Å². The van der Waals surface area contributed by atoms with Crippen LogP contribution in [0.15, 0.2) is 5.38 Å². The van der Waals surface area contributed by atoms with Gasteiger partial charge in [0.25, 0.3) is 0 Å². The molecule has 1 saturated carbocycles. The number of hydrogen-bond donors (Lipinski definition) is 1. The van der Waals surface area contributed by atoms with Crippen molar-refractivity contribution in [3.05, 3.63) is 16.1 Å². The van der Waals surface area contributed by atoms with Crippen molar-refractivity contribution >= 4 is 17.3 Å². The van der Waals surface area contributed by atoms with Gasteiger partial charge in [0.2, 0.25) is 0 Å². The van der Waals surface area contributed by atoms with Crippen molar-refractivity contribution < 1.29 is 9.90 Å². The Balaban J connectivity index is 1.76. The molecule has 1 aromatic rings. The summed E-state index contributed by atoms with van der Waals surface area (Å²) in [5.74, 6) is -0.0141. The van der Waals surface area contributed by atoms with Gasteiger partial charge in [-0.2, -0.15) is 0 Å². The molecule has 3 nitrogen and oxygen atoms in total. The molecular weight excluding hydrogens is 246 g/mol. The molecule has 4 heteroatoms. The van der Waals surface area contributed by atoms with Crippen LogP contribution in [0.4, 0.5) is 0 Å². The van der Waals surface area contributed by atoms with Crippen molar-refractivity contribution in [3.8, 4) is 0 Å². The maximum atomic E-state index is 10.4. The van der Waals surface area contributed by atoms with E-state index in [9.17, 15) is 4.79 Å². The number of aliphatic carboxylic acids is 1. The molecule has 0 bridgehead atoms. The molecule has 0 atom stereocenters. The summed E-state index contributed by atoms with van der Waals surface area (Å²) in [6.07, 6.45) is 9.56. The third-order valence-corrected chi connectivity index (χ3v) is 4.55. The Bertz CT molecular complexity index is 383. The van der Waals surface area contributed by atoms with Crippen LogP contribution >= 0.6 is 11.3 Å². The smallest absolute Gasteiger partial charge is 0.303 e. The molecule has 1 aliphatic carbocycles. The molecule has 1 fully saturated rings. The Morgan fingerprint density at radius 1 is 1.33 bits per heavy atom. The van der Waals surface area contributed by atoms with Crippen molar-refractivity contribution in [1.82, 2.24) is 4.98 Å². The number of nitrogens with zero attached hydrogens (tertiary/aromatic N) is 1. The highest BCUT2D eigenvalue weighted by molar-refractivity contribution is 7.09. The van der Waals surface area contributed by atoms with Gasteiger partial charge in [-0.25, -0.2) is 4.98 Å². The number of rotatable bonds is 6. The summed E-state index contributed by atoms with van der Waals surface area (Å²) in [5.41, 5.74) is 1.29. The molecule has 0 saturated heterocycles. The molecule has 0 spiro atoms. The van der Waals surface area contributed by atoms with Crippen LogP contribution in [0.2, 0.25) is 0 Å². The van der Waals surface area contributed by atoms with Gasteiger partial charge in [-0.3, -0.25) is 4.79 Å². The molecule has 1 aromatic heterocycles. The lowest BCUT2D eigenvalue weighted by Crippen LogP contribution is -2.04. The second kappa shape index (κ2) is 6.88. The number of carbonyl (C=O) groups is 1. The normalized spacial score (nSPS) is 16.9. The Labute approximate surface area is 112 Å². The van der Waals surface area contributed by atoms with Crippen LogP contribution in [0.1, 0.15) is 68.0 Å². The van der Waals surface area contributed by atoms with E-state index >= 15 is 0 Å². The van der Waals surface area contributed by atoms with E-state index in [1.165, 1.54) is 42.8 Å². The SMILES string of the molecule is O=C(O)CCCCc1nc(C2CCCCC2)cs1. The molecule has 0 radical (unpaired) electrons. The van der Waals surface area contributed by atoms with Crippen molar-refractivity contribution in [2.24, 2.45) is 0 Å². The van der Waals surface area contributed by atoms with Gasteiger partial charge in [0.05, 0.1) is 10.7 Å². The highest BCUT2D eigenvalue weighted by Crippen LogP contribution is 2.33. The van der Waals surface area contributed by atoms with E-state index in [1.807, 2.05) is 0 Å². The fourth-order valence-corrected chi connectivity index (χ4v) is 3.50. The van der Waals surface area contributed by atoms with Gasteiger partial charge in [0.15, 0.2) is 0 Å². The number of carboxylic acid groups (broad SMARTS) is 1. The highest BCUT2D eigenvalue weighted by atomic mass is 32.1. The van der Waals surface area contributed by atoms with Crippen molar-refractivity contribution in [2.75, 3.05) is 0 Å². The van der Waals surface area contributed by atoms with Crippen LogP contribution in [-0.4, -0.2) is 16.1 Å². The van der Waals surface area contributed by atoms with Gasteiger partial charge in [0.1, 0.15) is 0 Å². The Kier molecular flexibility index (Phi) is 5.17. The van der Waals surface area contributed by atoms with Gasteiger partial charge >= 0.3 is 5.97 Å². The fourth-order valence-electron chi connectivity index (χ4n) is 2.58. The first-order chi connectivity index (χ1) is 8.75. The molecule has 100 valence electrons. The zero-order valence-electron chi connectivity index (χ0n) is 10.7. The maximum absolute atomic E-state index is 10.4. The molecule has 0 unspecified atom stereocenters. The molecular formula is C14H21NO2S. The van der Waals surface area contributed by atoms with Gasteiger partial charge in [-0.15, -0.1) is 11.3 Å². The Hall–Kier alpha value is -0.900. The van der Waals surface area contributed by atoms with Gasteiger partial charge in [0, 0.05) is 17.7 Å². The van der Waals surface area contributed by atoms with Crippen molar-refractivity contribution in [3.63, 3.8) is 0 Å². The average molecular weight is 267 g/mol. The fraction of sp³-hybridized carbons (Fsp3) is 0.714. The lowest BCUT2D eigenvalue weighted by molar-refractivity contribution is -0.137. The summed E-state index contributed by atoms with van der Waals surface area (Å²) in [4.78, 5) is 15.1. The summed E-state index contributed by atoms with van der Waals surface area (Å²) < 4.78 is 0. The van der Waals surface area contributed by atoms with Gasteiger partial charge in [-0.1, -0.05) is 19.3 Å². The van der Waals surface area contributed by atoms with E-state index in [1.54, 1.807) is 11.3 Å². The van der Waals surface area contributed by atoms with Gasteiger partial charge < -0.3 is 5.11 Å². The molecule has 0 aliphatic heterocycles. The average Bonchev–Trinajstić information content (AvgIpc) is 2.84. The van der Waals surface area contributed by atoms with Crippen LogP contribution in [0.3, 0.4) is 0 Å². The first-order valence-corrected chi connectivity index (χ1v) is 7.80. The van der Waals surface area contributed by atoms with Crippen LogP contribution in [0, 0.1) is 0 Å². The minimum absolute atomic E-state index is 0.279. The molecule has 1 N–H and O–H groups in total. The number of unbranched alkanes of at least 4 members (excludes halogenated alkanes) is 1. The zero-order valence-corrected chi connectivity index (χ0v) is 11.5. The quantitative estimate of drug-likeness (QED) is 0.793. The van der Waals surface area contributed by atoms with Crippen LogP contribution in [0.25, 0.3) is 0 Å². The third-order valence-electron chi connectivity index (χ3n) is 3.62. The predicted octanol–water partition coefficient (Wildman–Crippen LogP) is 3.99. The number of carboxylic acids is 1. The Morgan fingerprint density at radius 3 is 2.83 bits per heavy atom. The van der Waals surface area contributed by atoms with E-state index in [-0.39, 0.29) is 6.42 Å². The minimum atomic E-state index is -0.697. The molecule has 1 aliphatic rings. The van der Waals surface area contributed by atoms with E-state index in [0.717, 1.165) is 19.3 Å². The molecule has 1 heterocycles. The number of hydrogen-bond acceptors (Lipinski definition) is 3. The molecule has 0 amide bonds. The van der Waals surface area contributed by atoms with Crippen LogP contribution in [0.5, 0.6) is 0 Å².